The van der Waals surface area contributed by atoms with E-state index in [2.05, 4.69) is 10.6 Å². The van der Waals surface area contributed by atoms with Crippen molar-refractivity contribution in [1.29, 1.82) is 5.26 Å². The second kappa shape index (κ2) is 7.89. The standard InChI is InChI=1S/C20H22N4O2/c1-25-18-10-16-17(11-19(18)26-2)24(20(23-16)8-5-9-21)13-15-7-4-3-6-14(15)12-22/h3-4,6-7,10-11H,5,8-9,13,21H2,1-2H3. The van der Waals surface area contributed by atoms with Gasteiger partial charge in [-0.3, -0.25) is 0 Å². The van der Waals surface area contributed by atoms with E-state index < -0.39 is 0 Å². The number of methoxy groups -OCH3 is 2. The van der Waals surface area contributed by atoms with E-state index in [0.717, 1.165) is 35.3 Å². The van der Waals surface area contributed by atoms with E-state index in [-0.39, 0.29) is 0 Å². The molecule has 0 aliphatic rings. The Balaban J connectivity index is 2.15. The molecule has 0 bridgehead atoms. The molecule has 2 aromatic carbocycles. The fraction of sp³-hybridized carbons (Fsp3) is 0.300. The van der Waals surface area contributed by atoms with Crippen molar-refractivity contribution in [2.75, 3.05) is 20.8 Å². The third-order valence-electron chi connectivity index (χ3n) is 4.40. The third-order valence-corrected chi connectivity index (χ3v) is 4.40. The lowest BCUT2D eigenvalue weighted by molar-refractivity contribution is 0.355. The van der Waals surface area contributed by atoms with Crippen LogP contribution in [0.3, 0.4) is 0 Å². The number of hydrogen-bond donors (Lipinski definition) is 1. The molecule has 0 unspecified atom stereocenters. The Kier molecular flexibility index (Phi) is 5.40. The van der Waals surface area contributed by atoms with E-state index in [1.807, 2.05) is 36.4 Å². The lowest BCUT2D eigenvalue weighted by Crippen LogP contribution is -2.09. The van der Waals surface area contributed by atoms with Crippen LogP contribution in [0.5, 0.6) is 11.5 Å². The Bertz CT molecular complexity index is 956. The fourth-order valence-corrected chi connectivity index (χ4v) is 3.07. The molecule has 0 aliphatic heterocycles. The Morgan fingerprint density at radius 1 is 1.15 bits per heavy atom. The fourth-order valence-electron chi connectivity index (χ4n) is 3.07. The zero-order valence-corrected chi connectivity index (χ0v) is 15.0. The van der Waals surface area contributed by atoms with Crippen LogP contribution >= 0.6 is 0 Å². The Hall–Kier alpha value is -3.04. The van der Waals surface area contributed by atoms with Crippen LogP contribution in [0.1, 0.15) is 23.4 Å². The number of benzene rings is 2. The maximum absolute atomic E-state index is 9.39. The van der Waals surface area contributed by atoms with Crippen LogP contribution in [0, 0.1) is 11.3 Å². The number of nitriles is 1. The summed E-state index contributed by atoms with van der Waals surface area (Å²) in [5, 5.41) is 9.39. The summed E-state index contributed by atoms with van der Waals surface area (Å²) < 4.78 is 13.0. The van der Waals surface area contributed by atoms with Crippen molar-refractivity contribution in [3.63, 3.8) is 0 Å². The molecule has 0 saturated carbocycles. The van der Waals surface area contributed by atoms with E-state index in [9.17, 15) is 5.26 Å². The molecule has 3 aromatic rings. The van der Waals surface area contributed by atoms with Crippen LogP contribution in [0.25, 0.3) is 11.0 Å². The van der Waals surface area contributed by atoms with Gasteiger partial charge in [-0.25, -0.2) is 4.98 Å². The molecular formula is C20H22N4O2. The highest BCUT2D eigenvalue weighted by atomic mass is 16.5. The smallest absolute Gasteiger partial charge is 0.163 e. The van der Waals surface area contributed by atoms with Crippen molar-refractivity contribution in [2.24, 2.45) is 5.73 Å². The molecule has 0 spiro atoms. The summed E-state index contributed by atoms with van der Waals surface area (Å²) in [5.74, 6) is 2.24. The molecule has 2 N–H and O–H groups in total. The number of aromatic nitrogens is 2. The van der Waals surface area contributed by atoms with E-state index in [4.69, 9.17) is 20.2 Å². The van der Waals surface area contributed by atoms with Crippen LogP contribution in [-0.2, 0) is 13.0 Å². The van der Waals surface area contributed by atoms with Crippen LogP contribution in [0.2, 0.25) is 0 Å². The highest BCUT2D eigenvalue weighted by Crippen LogP contribution is 2.33. The molecule has 0 saturated heterocycles. The number of fused-ring (bicyclic) bond motifs is 1. The molecule has 0 radical (unpaired) electrons. The third kappa shape index (κ3) is 3.35. The zero-order valence-electron chi connectivity index (χ0n) is 15.0. The Labute approximate surface area is 152 Å². The second-order valence-corrected chi connectivity index (χ2v) is 5.97. The molecule has 1 heterocycles. The average Bonchev–Trinajstić information content (AvgIpc) is 3.01. The molecule has 26 heavy (non-hydrogen) atoms. The van der Waals surface area contributed by atoms with Gasteiger partial charge in [-0.15, -0.1) is 0 Å². The monoisotopic (exact) mass is 350 g/mol. The average molecular weight is 350 g/mol. The number of hydrogen-bond acceptors (Lipinski definition) is 5. The van der Waals surface area contributed by atoms with Crippen molar-refractivity contribution < 1.29 is 9.47 Å². The maximum atomic E-state index is 9.39. The molecule has 0 aliphatic carbocycles. The summed E-state index contributed by atoms with van der Waals surface area (Å²) in [6.07, 6.45) is 1.61. The van der Waals surface area contributed by atoms with Gasteiger partial charge in [0.05, 0.1) is 43.4 Å². The summed E-state index contributed by atoms with van der Waals surface area (Å²) in [4.78, 5) is 4.77. The molecule has 0 atom stereocenters. The van der Waals surface area contributed by atoms with Gasteiger partial charge in [0, 0.05) is 18.6 Å². The van der Waals surface area contributed by atoms with Gasteiger partial charge >= 0.3 is 0 Å². The van der Waals surface area contributed by atoms with E-state index in [1.54, 1.807) is 14.2 Å². The first-order valence-corrected chi connectivity index (χ1v) is 8.51. The molecule has 6 heteroatoms. The summed E-state index contributed by atoms with van der Waals surface area (Å²) in [5.41, 5.74) is 9.10. The van der Waals surface area contributed by atoms with Crippen molar-refractivity contribution in [3.05, 3.63) is 53.3 Å². The van der Waals surface area contributed by atoms with Crippen LogP contribution in [-0.4, -0.2) is 30.3 Å². The van der Waals surface area contributed by atoms with E-state index in [0.29, 0.717) is 30.2 Å². The van der Waals surface area contributed by atoms with Gasteiger partial charge in [-0.05, 0) is 24.6 Å². The predicted molar refractivity (Wildman–Crippen MR) is 100 cm³/mol. The number of nitrogens with zero attached hydrogens (tertiary/aromatic N) is 3. The molecular weight excluding hydrogens is 328 g/mol. The number of nitrogens with two attached hydrogens (primary N) is 1. The maximum Gasteiger partial charge on any atom is 0.163 e. The molecule has 1 aromatic heterocycles. The van der Waals surface area contributed by atoms with Crippen LogP contribution in [0.15, 0.2) is 36.4 Å². The van der Waals surface area contributed by atoms with Crippen molar-refractivity contribution in [1.82, 2.24) is 9.55 Å². The minimum atomic E-state index is 0.565. The first kappa shape index (κ1) is 17.8. The van der Waals surface area contributed by atoms with Gasteiger partial charge in [0.1, 0.15) is 5.82 Å². The van der Waals surface area contributed by atoms with Crippen molar-refractivity contribution in [3.8, 4) is 17.6 Å². The van der Waals surface area contributed by atoms with Gasteiger partial charge in [0.25, 0.3) is 0 Å². The van der Waals surface area contributed by atoms with Gasteiger partial charge in [0.2, 0.25) is 0 Å². The topological polar surface area (TPSA) is 86.1 Å². The number of ether oxygens (including phenoxy) is 2. The minimum absolute atomic E-state index is 0.565. The molecule has 6 nitrogen and oxygen atoms in total. The first-order chi connectivity index (χ1) is 12.7. The normalized spacial score (nSPS) is 10.7. The largest absolute Gasteiger partial charge is 0.493 e. The summed E-state index contributed by atoms with van der Waals surface area (Å²) in [7, 11) is 3.23. The van der Waals surface area contributed by atoms with Gasteiger partial charge < -0.3 is 19.8 Å². The highest BCUT2D eigenvalue weighted by Gasteiger charge is 2.16. The quantitative estimate of drug-likeness (QED) is 0.708. The highest BCUT2D eigenvalue weighted by molar-refractivity contribution is 5.81. The molecule has 0 fully saturated rings. The molecule has 134 valence electrons. The van der Waals surface area contributed by atoms with Gasteiger partial charge in [0.15, 0.2) is 11.5 Å². The zero-order chi connectivity index (χ0) is 18.5. The van der Waals surface area contributed by atoms with E-state index >= 15 is 0 Å². The van der Waals surface area contributed by atoms with Crippen LogP contribution < -0.4 is 15.2 Å². The van der Waals surface area contributed by atoms with Crippen LogP contribution in [0.4, 0.5) is 0 Å². The predicted octanol–water partition coefficient (Wildman–Crippen LogP) is 2.86. The Morgan fingerprint density at radius 2 is 1.88 bits per heavy atom. The molecule has 0 amide bonds. The summed E-state index contributed by atoms with van der Waals surface area (Å²) in [6.45, 7) is 1.17. The second-order valence-electron chi connectivity index (χ2n) is 5.97. The number of imidazole rings is 1. The number of aryl methyl sites for hydroxylation is 1. The SMILES string of the molecule is COc1cc2nc(CCCN)n(Cc3ccccc3C#N)c2cc1OC. The summed E-state index contributed by atoms with van der Waals surface area (Å²) in [6, 6.07) is 13.7. The minimum Gasteiger partial charge on any atom is -0.493 e. The van der Waals surface area contributed by atoms with Crippen molar-refractivity contribution >= 4 is 11.0 Å². The molecule has 3 rings (SSSR count). The van der Waals surface area contributed by atoms with Crippen molar-refractivity contribution in [2.45, 2.75) is 19.4 Å². The Morgan fingerprint density at radius 3 is 2.58 bits per heavy atom. The van der Waals surface area contributed by atoms with Gasteiger partial charge in [-0.1, -0.05) is 18.2 Å². The lowest BCUT2D eigenvalue weighted by Gasteiger charge is -2.12. The summed E-state index contributed by atoms with van der Waals surface area (Å²) >= 11 is 0. The number of rotatable bonds is 7. The lowest BCUT2D eigenvalue weighted by atomic mass is 10.1. The first-order valence-electron chi connectivity index (χ1n) is 8.51. The van der Waals surface area contributed by atoms with E-state index in [1.165, 1.54) is 0 Å². The van der Waals surface area contributed by atoms with Gasteiger partial charge in [-0.2, -0.15) is 5.26 Å².